The average molecular weight is 477 g/mol. The second-order valence-electron chi connectivity index (χ2n) is 10.0. The molecule has 2 heterocycles. The summed E-state index contributed by atoms with van der Waals surface area (Å²) in [6, 6.07) is 33.1. The van der Waals surface area contributed by atoms with Crippen LogP contribution in [0.15, 0.2) is 84.9 Å². The zero-order chi connectivity index (χ0) is 22.7. The maximum atomic E-state index is 2.52. The highest BCUT2D eigenvalue weighted by molar-refractivity contribution is 8.04. The van der Waals surface area contributed by atoms with Gasteiger partial charge in [-0.3, -0.25) is 0 Å². The van der Waals surface area contributed by atoms with Crippen LogP contribution in [-0.2, 0) is 0 Å². The van der Waals surface area contributed by atoms with Gasteiger partial charge in [-0.2, -0.15) is 0 Å². The van der Waals surface area contributed by atoms with Crippen LogP contribution in [0.4, 0.5) is 5.69 Å². The number of hydrogen-bond acceptors (Lipinski definition) is 0. The molecule has 0 saturated carbocycles. The van der Waals surface area contributed by atoms with Crippen LogP contribution in [0.3, 0.4) is 0 Å². The van der Waals surface area contributed by atoms with Gasteiger partial charge in [0.25, 0.3) is 5.52 Å². The van der Waals surface area contributed by atoms with Crippen LogP contribution < -0.4 is 20.8 Å². The second kappa shape index (κ2) is 10.00. The molecule has 0 radical (unpaired) electrons. The van der Waals surface area contributed by atoms with E-state index in [0.29, 0.717) is 0 Å². The molecule has 2 atom stereocenters. The third-order valence-corrected chi connectivity index (χ3v) is 20.0. The molecule has 3 heteroatoms. The van der Waals surface area contributed by atoms with Crippen molar-refractivity contribution in [2.24, 2.45) is 0 Å². The predicted molar refractivity (Wildman–Crippen MR) is 150 cm³/mol. The molecule has 1 N–H and O–H groups in total. The number of quaternary nitrogens is 1. The molecule has 1 fully saturated rings. The maximum absolute atomic E-state index is 2.52. The molecule has 0 aromatic heterocycles. The van der Waals surface area contributed by atoms with E-state index in [1.165, 1.54) is 57.1 Å². The van der Waals surface area contributed by atoms with Gasteiger partial charge in [-0.15, -0.1) is 0 Å². The number of fused-ring (bicyclic) bond motifs is 3. The molecule has 1 nitrogen and oxygen atoms in total. The normalized spacial score (nSPS) is 22.5. The third-order valence-electron chi connectivity index (χ3n) is 8.12. The average Bonchev–Trinajstić information content (AvgIpc) is 3.20. The van der Waals surface area contributed by atoms with Gasteiger partial charge in [0.15, 0.2) is 11.0 Å². The van der Waals surface area contributed by atoms with Crippen molar-refractivity contribution in [2.75, 3.05) is 25.0 Å². The van der Waals surface area contributed by atoms with Crippen molar-refractivity contribution >= 4 is 36.1 Å². The fourth-order valence-electron chi connectivity index (χ4n) is 6.79. The lowest BCUT2D eigenvalue weighted by atomic mass is 10.3. The van der Waals surface area contributed by atoms with E-state index in [1.807, 2.05) is 4.90 Å². The van der Waals surface area contributed by atoms with E-state index in [9.17, 15) is 0 Å². The van der Waals surface area contributed by atoms with E-state index in [-0.39, 0.29) is 0 Å². The Morgan fingerprint density at radius 1 is 0.727 bits per heavy atom. The number of para-hydroxylation sites is 1. The van der Waals surface area contributed by atoms with E-state index in [4.69, 9.17) is 0 Å². The summed E-state index contributed by atoms with van der Waals surface area (Å²) in [6.45, 7) is 6.10. The van der Waals surface area contributed by atoms with E-state index in [2.05, 4.69) is 98.8 Å². The highest BCUT2D eigenvalue weighted by atomic mass is 31.2. The lowest BCUT2D eigenvalue weighted by molar-refractivity contribution is -0.830. The second-order valence-corrected chi connectivity index (χ2v) is 18.2. The van der Waals surface area contributed by atoms with Crippen molar-refractivity contribution in [3.05, 3.63) is 84.9 Å². The minimum Gasteiger partial charge on any atom is -0.234 e. The Bertz CT molecular complexity index is 1000. The SMILES string of the molecule is CCCC[P+]1(CCCC)CCC[NH+]2c3ccccc3[P+](c3ccccc3)(c3ccccc3)[C@@H]21. The van der Waals surface area contributed by atoms with Crippen molar-refractivity contribution in [2.45, 2.75) is 51.5 Å². The van der Waals surface area contributed by atoms with Crippen molar-refractivity contribution in [3.8, 4) is 0 Å². The molecule has 33 heavy (non-hydrogen) atoms. The van der Waals surface area contributed by atoms with Gasteiger partial charge in [-0.25, -0.2) is 4.90 Å². The van der Waals surface area contributed by atoms with Gasteiger partial charge in [0.2, 0.25) is 7.26 Å². The van der Waals surface area contributed by atoms with Crippen LogP contribution in [0.25, 0.3) is 0 Å². The van der Waals surface area contributed by atoms with Crippen molar-refractivity contribution in [1.82, 2.24) is 0 Å². The largest absolute Gasteiger partial charge is 0.296 e. The van der Waals surface area contributed by atoms with Gasteiger partial charge in [0.1, 0.15) is 17.9 Å². The number of nitrogens with one attached hydrogen (secondary N) is 1. The first kappa shape index (κ1) is 23.2. The third kappa shape index (κ3) is 3.82. The molecule has 0 amide bonds. The molecule has 1 saturated heterocycles. The molecule has 0 spiro atoms. The van der Waals surface area contributed by atoms with Crippen LogP contribution in [0.2, 0.25) is 0 Å². The molecule has 0 bridgehead atoms. The van der Waals surface area contributed by atoms with Gasteiger partial charge in [-0.1, -0.05) is 75.2 Å². The highest BCUT2D eigenvalue weighted by Crippen LogP contribution is 2.79. The highest BCUT2D eigenvalue weighted by Gasteiger charge is 2.76. The summed E-state index contributed by atoms with van der Waals surface area (Å²) < 4.78 is 0. The molecule has 3 aromatic carbocycles. The summed E-state index contributed by atoms with van der Waals surface area (Å²) in [5, 5.41) is 4.91. The standard InChI is InChI=1S/C30H39NP2/c1-3-5-23-32(24-6-4-2)25-15-22-31-28-20-13-14-21-29(28)33(30(31)32,26-16-9-7-10-17-26)27-18-11-8-12-19-27/h7-14,16-21,30H,3-6,15,22-25H2,1-2H3/q+2/p+1/t30-/m0/s1. The van der Waals surface area contributed by atoms with Crippen LogP contribution in [-0.4, -0.2) is 30.6 Å². The zero-order valence-corrected chi connectivity index (χ0v) is 22.2. The maximum Gasteiger partial charge on any atom is 0.296 e. The monoisotopic (exact) mass is 476 g/mol. The molecule has 5 rings (SSSR count). The molecule has 172 valence electrons. The Hall–Kier alpha value is -1.52. The minimum absolute atomic E-state index is 0.763. The van der Waals surface area contributed by atoms with Gasteiger partial charge in [0.05, 0.1) is 25.0 Å². The number of hydrogen-bond donors (Lipinski definition) is 1. The Balaban J connectivity index is 1.83. The van der Waals surface area contributed by atoms with Crippen LogP contribution in [0.1, 0.15) is 46.0 Å². The molecule has 1 unspecified atom stereocenters. The predicted octanol–water partition coefficient (Wildman–Crippen LogP) is 5.82. The first-order chi connectivity index (χ1) is 16.3. The molecular weight excluding hydrogens is 436 g/mol. The lowest BCUT2D eigenvalue weighted by Crippen LogP contribution is -3.11. The zero-order valence-electron chi connectivity index (χ0n) is 20.4. The quantitative estimate of drug-likeness (QED) is 0.391. The summed E-state index contributed by atoms with van der Waals surface area (Å²) in [5.41, 5.74) is 2.39. The van der Waals surface area contributed by atoms with Gasteiger partial charge in [-0.05, 0) is 43.2 Å². The smallest absolute Gasteiger partial charge is 0.234 e. The Morgan fingerprint density at radius 3 is 1.85 bits per heavy atom. The van der Waals surface area contributed by atoms with Crippen LogP contribution >= 0.6 is 14.5 Å². The minimum atomic E-state index is -1.76. The van der Waals surface area contributed by atoms with Crippen LogP contribution in [0, 0.1) is 0 Å². The Kier molecular flexibility index (Phi) is 7.04. The van der Waals surface area contributed by atoms with E-state index < -0.39 is 14.5 Å². The first-order valence-electron chi connectivity index (χ1n) is 13.1. The summed E-state index contributed by atoms with van der Waals surface area (Å²) in [7, 11) is -2.91. The molecule has 0 aliphatic carbocycles. The molecule has 2 aliphatic heterocycles. The van der Waals surface area contributed by atoms with Crippen molar-refractivity contribution in [1.29, 1.82) is 0 Å². The lowest BCUT2D eigenvalue weighted by Gasteiger charge is -2.41. The molecule has 3 aromatic rings. The summed E-state index contributed by atoms with van der Waals surface area (Å²) >= 11 is 0. The fraction of sp³-hybridized carbons (Fsp3) is 0.400. The first-order valence-corrected chi connectivity index (χ1v) is 17.4. The fourth-order valence-corrected chi connectivity index (χ4v) is 21.6. The van der Waals surface area contributed by atoms with Crippen molar-refractivity contribution in [3.63, 3.8) is 0 Å². The van der Waals surface area contributed by atoms with E-state index in [0.717, 1.165) is 5.52 Å². The Labute approximate surface area is 202 Å². The molecular formula is C30H40NP2+3. The van der Waals surface area contributed by atoms with E-state index in [1.54, 1.807) is 21.6 Å². The topological polar surface area (TPSA) is 4.44 Å². The van der Waals surface area contributed by atoms with Gasteiger partial charge >= 0.3 is 0 Å². The number of benzene rings is 3. The summed E-state index contributed by atoms with van der Waals surface area (Å²) in [4.78, 5) is 1.85. The summed E-state index contributed by atoms with van der Waals surface area (Å²) in [5.74, 6) is 0. The Morgan fingerprint density at radius 2 is 1.27 bits per heavy atom. The number of rotatable bonds is 8. The van der Waals surface area contributed by atoms with E-state index >= 15 is 0 Å². The van der Waals surface area contributed by atoms with Crippen LogP contribution in [0.5, 0.6) is 0 Å². The number of unbranched alkanes of at least 4 members (excludes halogenated alkanes) is 2. The summed E-state index contributed by atoms with van der Waals surface area (Å²) in [6.07, 6.45) is 11.4. The van der Waals surface area contributed by atoms with Gasteiger partial charge in [0, 0.05) is 12.5 Å². The van der Waals surface area contributed by atoms with Crippen molar-refractivity contribution < 1.29 is 4.90 Å². The molecule has 2 aliphatic rings. The van der Waals surface area contributed by atoms with Gasteiger partial charge < -0.3 is 0 Å².